The van der Waals surface area contributed by atoms with E-state index in [1.54, 1.807) is 6.92 Å². The minimum atomic E-state index is -3.75. The normalized spacial score (nSPS) is 40.2. The molecule has 0 aromatic carbocycles. The number of carbonyl (C=O) groups is 1. The molecule has 0 spiro atoms. The Labute approximate surface area is 97.8 Å². The van der Waals surface area contributed by atoms with Gasteiger partial charge in [-0.05, 0) is 18.8 Å². The van der Waals surface area contributed by atoms with Crippen LogP contribution in [-0.2, 0) is 14.8 Å². The van der Waals surface area contributed by atoms with Gasteiger partial charge in [-0.25, -0.2) is 17.2 Å². The molecule has 2 aliphatic rings. The van der Waals surface area contributed by atoms with E-state index in [1.807, 2.05) is 4.72 Å². The molecule has 0 saturated heterocycles. The van der Waals surface area contributed by atoms with Crippen LogP contribution in [0.3, 0.4) is 0 Å². The van der Waals surface area contributed by atoms with Crippen molar-refractivity contribution in [2.45, 2.75) is 37.0 Å². The first kappa shape index (κ1) is 12.7. The van der Waals surface area contributed by atoms with Gasteiger partial charge in [0.25, 0.3) is 5.91 Å². The van der Waals surface area contributed by atoms with Crippen molar-refractivity contribution in [2.75, 3.05) is 0 Å². The van der Waals surface area contributed by atoms with E-state index in [9.17, 15) is 22.0 Å². The molecule has 98 valence electrons. The zero-order valence-electron chi connectivity index (χ0n) is 9.19. The lowest BCUT2D eigenvalue weighted by Gasteiger charge is -2.12. The van der Waals surface area contributed by atoms with Crippen LogP contribution in [0.2, 0.25) is 0 Å². The van der Waals surface area contributed by atoms with Crippen LogP contribution in [0, 0.1) is 11.8 Å². The second kappa shape index (κ2) is 3.61. The zero-order chi connectivity index (χ0) is 13.0. The number of sulfonamides is 1. The monoisotopic (exact) mass is 268 g/mol. The molecular weight excluding hydrogens is 254 g/mol. The molecule has 8 heteroatoms. The largest absolute Gasteiger partial charge is 0.317 e. The number of amides is 1. The third kappa shape index (κ3) is 2.15. The van der Waals surface area contributed by atoms with Crippen LogP contribution < -0.4 is 10.5 Å². The molecule has 17 heavy (non-hydrogen) atoms. The molecule has 0 bridgehead atoms. The van der Waals surface area contributed by atoms with Crippen LogP contribution in [0.25, 0.3) is 0 Å². The van der Waals surface area contributed by atoms with Gasteiger partial charge in [0.2, 0.25) is 16.4 Å². The highest BCUT2D eigenvalue weighted by atomic mass is 32.2. The van der Waals surface area contributed by atoms with Crippen molar-refractivity contribution in [1.82, 2.24) is 4.72 Å². The Hall–Kier alpha value is -0.760. The summed E-state index contributed by atoms with van der Waals surface area (Å²) in [6.45, 7) is 1.74. The Morgan fingerprint density at radius 3 is 2.41 bits per heavy atom. The SMILES string of the molecule is CC1CC1S(=O)(=O)NC(=O)[C@@]1(N)C[C@H]1C(F)F. The minimum Gasteiger partial charge on any atom is -0.317 e. The summed E-state index contributed by atoms with van der Waals surface area (Å²) in [5.74, 6) is -2.25. The highest BCUT2D eigenvalue weighted by Gasteiger charge is 2.62. The lowest BCUT2D eigenvalue weighted by atomic mass is 10.2. The van der Waals surface area contributed by atoms with Gasteiger partial charge in [0, 0.05) is 5.92 Å². The minimum absolute atomic E-state index is 0.000812. The number of carbonyl (C=O) groups excluding carboxylic acids is 1. The van der Waals surface area contributed by atoms with Crippen molar-refractivity contribution in [3.8, 4) is 0 Å². The van der Waals surface area contributed by atoms with Crippen LogP contribution >= 0.6 is 0 Å². The molecule has 2 aliphatic carbocycles. The smallest absolute Gasteiger partial charge is 0.254 e. The molecule has 2 rings (SSSR count). The zero-order valence-corrected chi connectivity index (χ0v) is 10.0. The van der Waals surface area contributed by atoms with Crippen molar-refractivity contribution in [3.63, 3.8) is 0 Å². The second-order valence-electron chi connectivity index (χ2n) is 4.91. The van der Waals surface area contributed by atoms with E-state index < -0.39 is 39.1 Å². The number of nitrogens with one attached hydrogen (secondary N) is 1. The first-order valence-electron chi connectivity index (χ1n) is 5.31. The van der Waals surface area contributed by atoms with E-state index in [0.29, 0.717) is 6.42 Å². The van der Waals surface area contributed by atoms with Gasteiger partial charge in [-0.3, -0.25) is 9.52 Å². The van der Waals surface area contributed by atoms with Crippen LogP contribution in [-0.4, -0.2) is 31.5 Å². The predicted molar refractivity (Wildman–Crippen MR) is 55.7 cm³/mol. The van der Waals surface area contributed by atoms with Crippen molar-refractivity contribution in [2.24, 2.45) is 17.6 Å². The second-order valence-corrected chi connectivity index (χ2v) is 6.81. The van der Waals surface area contributed by atoms with Gasteiger partial charge in [-0.15, -0.1) is 0 Å². The molecule has 2 fully saturated rings. The van der Waals surface area contributed by atoms with E-state index >= 15 is 0 Å². The summed E-state index contributed by atoms with van der Waals surface area (Å²) < 4.78 is 49.7. The lowest BCUT2D eigenvalue weighted by molar-refractivity contribution is -0.122. The van der Waals surface area contributed by atoms with Gasteiger partial charge in [-0.2, -0.15) is 0 Å². The highest BCUT2D eigenvalue weighted by Crippen LogP contribution is 2.46. The van der Waals surface area contributed by atoms with Crippen molar-refractivity contribution in [3.05, 3.63) is 0 Å². The number of halogens is 2. The number of alkyl halides is 2. The highest BCUT2D eigenvalue weighted by molar-refractivity contribution is 7.91. The fraction of sp³-hybridized carbons (Fsp3) is 0.889. The van der Waals surface area contributed by atoms with Gasteiger partial charge in [0.15, 0.2) is 0 Å². The van der Waals surface area contributed by atoms with Gasteiger partial charge >= 0.3 is 0 Å². The fourth-order valence-electron chi connectivity index (χ4n) is 1.90. The third-order valence-corrected chi connectivity index (χ3v) is 5.38. The number of rotatable bonds is 4. The molecule has 0 heterocycles. The quantitative estimate of drug-likeness (QED) is 0.740. The van der Waals surface area contributed by atoms with Crippen LogP contribution in [0.15, 0.2) is 0 Å². The molecule has 0 aromatic heterocycles. The van der Waals surface area contributed by atoms with Crippen LogP contribution in [0.5, 0.6) is 0 Å². The Morgan fingerprint density at radius 1 is 1.53 bits per heavy atom. The Morgan fingerprint density at radius 2 is 2.06 bits per heavy atom. The van der Waals surface area contributed by atoms with E-state index in [0.717, 1.165) is 0 Å². The number of nitrogens with two attached hydrogens (primary N) is 1. The predicted octanol–water partition coefficient (Wildman–Crippen LogP) is -0.177. The third-order valence-electron chi connectivity index (χ3n) is 3.46. The maximum atomic E-state index is 12.3. The maximum Gasteiger partial charge on any atom is 0.254 e. The van der Waals surface area contributed by atoms with Gasteiger partial charge in [0.1, 0.15) is 5.54 Å². The molecule has 1 amide bonds. The molecule has 0 aromatic rings. The van der Waals surface area contributed by atoms with E-state index in [2.05, 4.69) is 0 Å². The topological polar surface area (TPSA) is 89.3 Å². The van der Waals surface area contributed by atoms with Crippen LogP contribution in [0.1, 0.15) is 19.8 Å². The molecule has 2 unspecified atom stereocenters. The number of hydrogen-bond donors (Lipinski definition) is 2. The summed E-state index contributed by atoms with van der Waals surface area (Å²) in [5, 5.41) is -0.598. The molecule has 5 nitrogen and oxygen atoms in total. The summed E-state index contributed by atoms with van der Waals surface area (Å²) in [7, 11) is -3.75. The molecule has 4 atom stereocenters. The van der Waals surface area contributed by atoms with Gasteiger partial charge < -0.3 is 5.73 Å². The fourth-order valence-corrected chi connectivity index (χ4v) is 3.67. The molecule has 2 saturated carbocycles. The summed E-state index contributed by atoms with van der Waals surface area (Å²) in [5.41, 5.74) is 3.72. The first-order valence-corrected chi connectivity index (χ1v) is 6.86. The summed E-state index contributed by atoms with van der Waals surface area (Å²) >= 11 is 0. The molecule has 0 aliphatic heterocycles. The standard InChI is InChI=1S/C9H14F2N2O3S/c1-4-2-6(4)17(15,16)13-8(14)9(12)3-5(9)7(10)11/h4-7H,2-3,12H2,1H3,(H,13,14)/t4?,5-,6?,9+/m0/s1. The van der Waals surface area contributed by atoms with E-state index in [-0.39, 0.29) is 12.3 Å². The van der Waals surface area contributed by atoms with E-state index in [1.165, 1.54) is 0 Å². The summed E-state index contributed by atoms with van der Waals surface area (Å²) in [6, 6.07) is 0. The average molecular weight is 268 g/mol. The van der Waals surface area contributed by atoms with Crippen molar-refractivity contribution < 1.29 is 22.0 Å². The average Bonchev–Trinajstić information content (AvgIpc) is 3.03. The van der Waals surface area contributed by atoms with Gasteiger partial charge in [-0.1, -0.05) is 6.92 Å². The maximum absolute atomic E-state index is 12.3. The Bertz CT molecular complexity index is 453. The molecular formula is C9H14F2N2O3S. The van der Waals surface area contributed by atoms with Crippen LogP contribution in [0.4, 0.5) is 8.78 Å². The summed E-state index contributed by atoms with van der Waals surface area (Å²) in [4.78, 5) is 11.5. The summed E-state index contributed by atoms with van der Waals surface area (Å²) in [6.07, 6.45) is -2.39. The number of hydrogen-bond acceptors (Lipinski definition) is 4. The Kier molecular flexibility index (Phi) is 2.70. The Balaban J connectivity index is 1.99. The van der Waals surface area contributed by atoms with E-state index in [4.69, 9.17) is 5.73 Å². The van der Waals surface area contributed by atoms with Crippen molar-refractivity contribution in [1.29, 1.82) is 0 Å². The molecule has 0 radical (unpaired) electrons. The lowest BCUT2D eigenvalue weighted by Crippen LogP contribution is -2.48. The van der Waals surface area contributed by atoms with Crippen molar-refractivity contribution >= 4 is 15.9 Å². The first-order chi connectivity index (χ1) is 7.68. The van der Waals surface area contributed by atoms with Gasteiger partial charge in [0.05, 0.1) is 5.25 Å². The molecule has 3 N–H and O–H groups in total.